The number of rotatable bonds is 5. The van der Waals surface area contributed by atoms with E-state index in [-0.39, 0.29) is 11.7 Å². The van der Waals surface area contributed by atoms with Gasteiger partial charge in [-0.2, -0.15) is 8.78 Å². The van der Waals surface area contributed by atoms with Crippen molar-refractivity contribution in [2.75, 3.05) is 6.26 Å². The molecule has 3 rings (SSSR count). The predicted octanol–water partition coefficient (Wildman–Crippen LogP) is 4.64. The number of halogens is 2. The standard InChI is InChI=1S/C18H17F2N3OS/c1-11(21-17(24)12-7-3-6-10-15(12)25-2)16-22-13-8-4-5-9-14(13)23(16)18(19)20/h3-11,18H,1-2H3,(H,21,24)/t11-/m1/s1. The summed E-state index contributed by atoms with van der Waals surface area (Å²) in [5.74, 6) is -0.184. The van der Waals surface area contributed by atoms with Gasteiger partial charge in [0.25, 0.3) is 5.91 Å². The van der Waals surface area contributed by atoms with Crippen LogP contribution in [0.3, 0.4) is 0 Å². The molecular weight excluding hydrogens is 344 g/mol. The first-order valence-corrected chi connectivity index (χ1v) is 8.94. The number of benzene rings is 2. The number of nitrogens with zero attached hydrogens (tertiary/aromatic N) is 2. The Kier molecular flexibility index (Phi) is 5.03. The van der Waals surface area contributed by atoms with E-state index in [1.165, 1.54) is 11.8 Å². The normalized spacial score (nSPS) is 12.5. The highest BCUT2D eigenvalue weighted by atomic mass is 32.2. The molecule has 0 aliphatic rings. The summed E-state index contributed by atoms with van der Waals surface area (Å²) in [5, 5.41) is 2.77. The summed E-state index contributed by atoms with van der Waals surface area (Å²) in [6, 6.07) is 13.2. The summed E-state index contributed by atoms with van der Waals surface area (Å²) >= 11 is 1.46. The van der Waals surface area contributed by atoms with Crippen LogP contribution in [0.4, 0.5) is 8.78 Å². The fourth-order valence-electron chi connectivity index (χ4n) is 2.74. The summed E-state index contributed by atoms with van der Waals surface area (Å²) in [7, 11) is 0. The van der Waals surface area contributed by atoms with Gasteiger partial charge in [0.05, 0.1) is 22.6 Å². The van der Waals surface area contributed by atoms with Crippen LogP contribution in [0.25, 0.3) is 11.0 Å². The third-order valence-corrected chi connectivity index (χ3v) is 4.70. The van der Waals surface area contributed by atoms with E-state index in [2.05, 4.69) is 10.3 Å². The predicted molar refractivity (Wildman–Crippen MR) is 95.1 cm³/mol. The summed E-state index contributed by atoms with van der Waals surface area (Å²) in [6.45, 7) is -1.08. The Morgan fingerprint density at radius 1 is 1.16 bits per heavy atom. The van der Waals surface area contributed by atoms with Gasteiger partial charge in [-0.25, -0.2) is 4.98 Å². The number of amides is 1. The molecule has 0 fully saturated rings. The lowest BCUT2D eigenvalue weighted by atomic mass is 10.2. The zero-order valence-electron chi connectivity index (χ0n) is 13.7. The van der Waals surface area contributed by atoms with E-state index in [1.54, 1.807) is 43.3 Å². The maximum atomic E-state index is 13.5. The Morgan fingerprint density at radius 3 is 2.56 bits per heavy atom. The second kappa shape index (κ2) is 7.23. The quantitative estimate of drug-likeness (QED) is 0.673. The van der Waals surface area contributed by atoms with Crippen molar-refractivity contribution in [3.8, 4) is 0 Å². The van der Waals surface area contributed by atoms with Crippen LogP contribution in [0.5, 0.6) is 0 Å². The molecule has 0 unspecified atom stereocenters. The van der Waals surface area contributed by atoms with Crippen molar-refractivity contribution in [2.24, 2.45) is 0 Å². The van der Waals surface area contributed by atoms with Gasteiger partial charge in [0.1, 0.15) is 5.82 Å². The molecule has 3 aromatic rings. The average Bonchev–Trinajstić information content (AvgIpc) is 3.01. The van der Waals surface area contributed by atoms with Crippen LogP contribution in [0.15, 0.2) is 53.4 Å². The molecule has 1 atom stereocenters. The number of nitrogens with one attached hydrogen (secondary N) is 1. The van der Waals surface area contributed by atoms with Crippen molar-refractivity contribution in [3.05, 3.63) is 59.9 Å². The number of imidazole rings is 1. The lowest BCUT2D eigenvalue weighted by Gasteiger charge is -2.16. The van der Waals surface area contributed by atoms with E-state index in [0.29, 0.717) is 16.6 Å². The van der Waals surface area contributed by atoms with E-state index in [9.17, 15) is 13.6 Å². The Morgan fingerprint density at radius 2 is 1.84 bits per heavy atom. The highest BCUT2D eigenvalue weighted by Gasteiger charge is 2.23. The van der Waals surface area contributed by atoms with Gasteiger partial charge in [0.15, 0.2) is 0 Å². The summed E-state index contributed by atoms with van der Waals surface area (Å²) < 4.78 is 27.9. The van der Waals surface area contributed by atoms with Crippen LogP contribution in [-0.2, 0) is 0 Å². The smallest absolute Gasteiger partial charge is 0.320 e. The largest absolute Gasteiger partial charge is 0.342 e. The number of carbonyl (C=O) groups excluding carboxylic acids is 1. The van der Waals surface area contributed by atoms with Gasteiger partial charge in [-0.3, -0.25) is 9.36 Å². The van der Waals surface area contributed by atoms with Crippen LogP contribution >= 0.6 is 11.8 Å². The third kappa shape index (κ3) is 3.37. The minimum atomic E-state index is -2.74. The van der Waals surface area contributed by atoms with Crippen LogP contribution in [-0.4, -0.2) is 21.7 Å². The number of hydrogen-bond donors (Lipinski definition) is 1. The molecule has 1 heterocycles. The molecule has 0 saturated heterocycles. The van der Waals surface area contributed by atoms with E-state index in [4.69, 9.17) is 0 Å². The first-order valence-electron chi connectivity index (χ1n) is 7.71. The minimum Gasteiger partial charge on any atom is -0.342 e. The first kappa shape index (κ1) is 17.4. The second-order valence-electron chi connectivity index (χ2n) is 5.50. The first-order chi connectivity index (χ1) is 12.0. The number of fused-ring (bicyclic) bond motifs is 1. The number of aromatic nitrogens is 2. The maximum absolute atomic E-state index is 13.5. The van der Waals surface area contributed by atoms with E-state index in [0.717, 1.165) is 9.46 Å². The Bertz CT molecular complexity index is 910. The fourth-order valence-corrected chi connectivity index (χ4v) is 3.34. The molecule has 0 bridgehead atoms. The SMILES string of the molecule is CSc1ccccc1C(=O)N[C@H](C)c1nc2ccccc2n1C(F)F. The number of para-hydroxylation sites is 2. The van der Waals surface area contributed by atoms with Crippen molar-refractivity contribution < 1.29 is 13.6 Å². The summed E-state index contributed by atoms with van der Waals surface area (Å²) in [6.07, 6.45) is 1.88. The van der Waals surface area contributed by atoms with Crippen molar-refractivity contribution in [1.29, 1.82) is 0 Å². The molecule has 7 heteroatoms. The van der Waals surface area contributed by atoms with Crippen LogP contribution < -0.4 is 5.32 Å². The second-order valence-corrected chi connectivity index (χ2v) is 6.35. The van der Waals surface area contributed by atoms with Crippen LogP contribution in [0.2, 0.25) is 0 Å². The highest BCUT2D eigenvalue weighted by Crippen LogP contribution is 2.27. The number of alkyl halides is 2. The zero-order valence-corrected chi connectivity index (χ0v) is 14.6. The number of carbonyl (C=O) groups is 1. The van der Waals surface area contributed by atoms with E-state index in [1.807, 2.05) is 18.4 Å². The molecule has 0 spiro atoms. The van der Waals surface area contributed by atoms with Gasteiger partial charge in [0.2, 0.25) is 0 Å². The van der Waals surface area contributed by atoms with Crippen molar-refractivity contribution in [1.82, 2.24) is 14.9 Å². The van der Waals surface area contributed by atoms with Gasteiger partial charge >= 0.3 is 6.55 Å². The van der Waals surface area contributed by atoms with E-state index >= 15 is 0 Å². The Hall–Kier alpha value is -2.41. The van der Waals surface area contributed by atoms with Crippen LogP contribution in [0.1, 0.15) is 35.7 Å². The molecule has 1 N–H and O–H groups in total. The maximum Gasteiger partial charge on any atom is 0.320 e. The number of thioether (sulfide) groups is 1. The van der Waals surface area contributed by atoms with Crippen LogP contribution in [0, 0.1) is 0 Å². The van der Waals surface area contributed by atoms with Gasteiger partial charge in [0, 0.05) is 4.90 Å². The molecule has 0 saturated carbocycles. The van der Waals surface area contributed by atoms with Gasteiger partial charge in [-0.05, 0) is 37.4 Å². The molecule has 1 aromatic heterocycles. The van der Waals surface area contributed by atoms with E-state index < -0.39 is 12.6 Å². The molecule has 1 amide bonds. The van der Waals surface area contributed by atoms with Crippen molar-refractivity contribution in [3.63, 3.8) is 0 Å². The molecule has 0 aliphatic heterocycles. The van der Waals surface area contributed by atoms with Gasteiger partial charge in [-0.15, -0.1) is 11.8 Å². The Labute approximate surface area is 148 Å². The van der Waals surface area contributed by atoms with Crippen molar-refractivity contribution in [2.45, 2.75) is 24.4 Å². The Balaban J connectivity index is 1.93. The monoisotopic (exact) mass is 361 g/mol. The fraction of sp³-hybridized carbons (Fsp3) is 0.222. The molecule has 0 aliphatic carbocycles. The zero-order chi connectivity index (χ0) is 18.0. The minimum absolute atomic E-state index is 0.131. The van der Waals surface area contributed by atoms with Gasteiger partial charge in [-0.1, -0.05) is 24.3 Å². The lowest BCUT2D eigenvalue weighted by Crippen LogP contribution is -2.29. The molecular formula is C18H17F2N3OS. The molecule has 25 heavy (non-hydrogen) atoms. The number of hydrogen-bond acceptors (Lipinski definition) is 3. The average molecular weight is 361 g/mol. The summed E-state index contributed by atoms with van der Waals surface area (Å²) in [4.78, 5) is 17.7. The lowest BCUT2D eigenvalue weighted by molar-refractivity contribution is 0.0687. The van der Waals surface area contributed by atoms with Gasteiger partial charge < -0.3 is 5.32 Å². The molecule has 2 aromatic carbocycles. The topological polar surface area (TPSA) is 46.9 Å². The highest BCUT2D eigenvalue weighted by molar-refractivity contribution is 7.98. The molecule has 130 valence electrons. The molecule has 4 nitrogen and oxygen atoms in total. The summed E-state index contributed by atoms with van der Waals surface area (Å²) in [5.41, 5.74) is 1.34. The van der Waals surface area contributed by atoms with Crippen molar-refractivity contribution >= 4 is 28.7 Å². The molecule has 0 radical (unpaired) electrons. The third-order valence-electron chi connectivity index (χ3n) is 3.90.